The zero-order chi connectivity index (χ0) is 12.1. The standard InChI is InChI=1S/C7H10N2O4S3/c1-15-5-8-9(4(10)2-3-14)6(16-5)13-7(11)12/h6,14H,2-3H2,1H3,(H,11,12). The van der Waals surface area contributed by atoms with Crippen LogP contribution in [0.15, 0.2) is 5.10 Å². The number of rotatable bonds is 3. The minimum atomic E-state index is -1.43. The van der Waals surface area contributed by atoms with Gasteiger partial charge in [-0.3, -0.25) is 4.79 Å². The molecule has 1 aliphatic heterocycles. The zero-order valence-electron chi connectivity index (χ0n) is 8.32. The molecule has 0 aromatic rings. The first-order chi connectivity index (χ1) is 7.58. The topological polar surface area (TPSA) is 79.2 Å². The number of ether oxygens (including phenoxy) is 1. The lowest BCUT2D eigenvalue weighted by Crippen LogP contribution is -2.34. The fourth-order valence-electron chi connectivity index (χ4n) is 0.928. The van der Waals surface area contributed by atoms with E-state index in [-0.39, 0.29) is 12.3 Å². The van der Waals surface area contributed by atoms with Gasteiger partial charge in [-0.15, -0.1) is 11.8 Å². The number of hydrazone groups is 1. The molecule has 1 rings (SSSR count). The van der Waals surface area contributed by atoms with E-state index in [0.29, 0.717) is 10.1 Å². The van der Waals surface area contributed by atoms with Gasteiger partial charge in [-0.25, -0.2) is 4.79 Å². The van der Waals surface area contributed by atoms with Gasteiger partial charge in [0.1, 0.15) is 0 Å². The third-order valence-corrected chi connectivity index (χ3v) is 3.77. The van der Waals surface area contributed by atoms with Crippen molar-refractivity contribution < 1.29 is 19.4 Å². The quantitative estimate of drug-likeness (QED) is 0.603. The molecule has 1 amide bonds. The van der Waals surface area contributed by atoms with Crippen LogP contribution in [0.3, 0.4) is 0 Å². The van der Waals surface area contributed by atoms with Crippen LogP contribution in [0.1, 0.15) is 6.42 Å². The van der Waals surface area contributed by atoms with Gasteiger partial charge in [0, 0.05) is 6.42 Å². The average Bonchev–Trinajstić information content (AvgIpc) is 2.60. The van der Waals surface area contributed by atoms with Crippen LogP contribution in [0.25, 0.3) is 0 Å². The van der Waals surface area contributed by atoms with Gasteiger partial charge in [0.25, 0.3) is 5.56 Å². The highest BCUT2D eigenvalue weighted by Crippen LogP contribution is 2.32. The molecule has 0 aliphatic carbocycles. The molecule has 16 heavy (non-hydrogen) atoms. The van der Waals surface area contributed by atoms with Gasteiger partial charge in [0.05, 0.1) is 0 Å². The molecule has 90 valence electrons. The van der Waals surface area contributed by atoms with E-state index in [1.54, 1.807) is 6.26 Å². The van der Waals surface area contributed by atoms with Crippen molar-refractivity contribution >= 4 is 52.6 Å². The summed E-state index contributed by atoms with van der Waals surface area (Å²) in [6, 6.07) is 0. The monoisotopic (exact) mass is 282 g/mol. The molecule has 9 heteroatoms. The molecule has 0 aromatic carbocycles. The highest BCUT2D eigenvalue weighted by Gasteiger charge is 2.34. The SMILES string of the molecule is CSC1=NN(C(=O)CCS)C(OC(=O)O)S1. The number of carboxylic acid groups (broad SMARTS) is 1. The second-order valence-corrected chi connectivity index (χ2v) is 5.12. The van der Waals surface area contributed by atoms with E-state index in [1.807, 2.05) is 0 Å². The third-order valence-electron chi connectivity index (χ3n) is 1.55. The summed E-state index contributed by atoms with van der Waals surface area (Å²) in [7, 11) is 0. The summed E-state index contributed by atoms with van der Waals surface area (Å²) < 4.78 is 5.15. The van der Waals surface area contributed by atoms with Gasteiger partial charge in [-0.2, -0.15) is 22.7 Å². The van der Waals surface area contributed by atoms with Crippen LogP contribution in [-0.4, -0.2) is 44.1 Å². The first-order valence-corrected chi connectivity index (χ1v) is 6.94. The molecule has 0 saturated heterocycles. The maximum atomic E-state index is 11.6. The predicted molar refractivity (Wildman–Crippen MR) is 66.8 cm³/mol. The maximum Gasteiger partial charge on any atom is 0.508 e. The molecule has 0 radical (unpaired) electrons. The molecule has 0 bridgehead atoms. The maximum absolute atomic E-state index is 11.6. The van der Waals surface area contributed by atoms with Crippen molar-refractivity contribution in [2.45, 2.75) is 12.0 Å². The van der Waals surface area contributed by atoms with Gasteiger partial charge >= 0.3 is 6.16 Å². The van der Waals surface area contributed by atoms with E-state index in [2.05, 4.69) is 22.5 Å². The molecule has 1 heterocycles. The summed E-state index contributed by atoms with van der Waals surface area (Å²) in [6.45, 7) is 0. The fraction of sp³-hybridized carbons (Fsp3) is 0.571. The number of carbonyl (C=O) groups is 2. The van der Waals surface area contributed by atoms with Gasteiger partial charge in [-0.1, -0.05) is 0 Å². The number of hydrogen-bond donors (Lipinski definition) is 2. The number of carbonyl (C=O) groups excluding carboxylic acids is 1. The molecular weight excluding hydrogens is 272 g/mol. The molecule has 0 fully saturated rings. The minimum absolute atomic E-state index is 0.189. The van der Waals surface area contributed by atoms with Crippen LogP contribution in [0.4, 0.5) is 4.79 Å². The van der Waals surface area contributed by atoms with E-state index in [0.717, 1.165) is 16.8 Å². The van der Waals surface area contributed by atoms with E-state index >= 15 is 0 Å². The van der Waals surface area contributed by atoms with Crippen molar-refractivity contribution in [2.75, 3.05) is 12.0 Å². The summed E-state index contributed by atoms with van der Waals surface area (Å²) in [4.78, 5) is 22.0. The number of thioether (sulfide) groups is 2. The molecule has 1 unspecified atom stereocenters. The second-order valence-electron chi connectivity index (χ2n) is 2.59. The molecule has 0 spiro atoms. The normalized spacial score (nSPS) is 19.5. The highest BCUT2D eigenvalue weighted by molar-refractivity contribution is 8.39. The Morgan fingerprint density at radius 3 is 2.94 bits per heavy atom. The van der Waals surface area contributed by atoms with Crippen molar-refractivity contribution in [3.63, 3.8) is 0 Å². The minimum Gasteiger partial charge on any atom is -0.450 e. The summed E-state index contributed by atoms with van der Waals surface area (Å²) in [5.74, 6) is 0.0713. The van der Waals surface area contributed by atoms with Gasteiger partial charge in [0.2, 0.25) is 5.91 Å². The fourth-order valence-corrected chi connectivity index (χ4v) is 2.62. The first kappa shape index (κ1) is 13.5. The van der Waals surface area contributed by atoms with E-state index in [9.17, 15) is 9.59 Å². The lowest BCUT2D eigenvalue weighted by atomic mass is 10.4. The van der Waals surface area contributed by atoms with Crippen LogP contribution < -0.4 is 0 Å². The van der Waals surface area contributed by atoms with Gasteiger partial charge in [0.15, 0.2) is 4.38 Å². The summed E-state index contributed by atoms with van der Waals surface area (Å²) in [6.07, 6.45) is 0.545. The largest absolute Gasteiger partial charge is 0.508 e. The van der Waals surface area contributed by atoms with Crippen molar-refractivity contribution in [3.8, 4) is 0 Å². The predicted octanol–water partition coefficient (Wildman–Crippen LogP) is 1.49. The van der Waals surface area contributed by atoms with Crippen molar-refractivity contribution in [1.29, 1.82) is 0 Å². The molecule has 1 aliphatic rings. The summed E-state index contributed by atoms with van der Waals surface area (Å²) in [5, 5.41) is 13.5. The Kier molecular flexibility index (Phi) is 5.29. The van der Waals surface area contributed by atoms with Crippen LogP contribution in [-0.2, 0) is 9.53 Å². The Morgan fingerprint density at radius 1 is 1.75 bits per heavy atom. The Morgan fingerprint density at radius 2 is 2.44 bits per heavy atom. The van der Waals surface area contributed by atoms with Crippen molar-refractivity contribution in [2.24, 2.45) is 5.10 Å². The highest BCUT2D eigenvalue weighted by atomic mass is 32.2. The van der Waals surface area contributed by atoms with Crippen LogP contribution in [0, 0.1) is 0 Å². The van der Waals surface area contributed by atoms with Gasteiger partial charge < -0.3 is 9.84 Å². The van der Waals surface area contributed by atoms with Gasteiger partial charge in [-0.05, 0) is 23.8 Å². The van der Waals surface area contributed by atoms with Crippen LogP contribution in [0.5, 0.6) is 0 Å². The summed E-state index contributed by atoms with van der Waals surface area (Å²) in [5.41, 5.74) is -0.924. The van der Waals surface area contributed by atoms with Crippen LogP contribution >= 0.6 is 36.2 Å². The first-order valence-electron chi connectivity index (χ1n) is 4.20. The molecule has 6 nitrogen and oxygen atoms in total. The second kappa shape index (κ2) is 6.26. The van der Waals surface area contributed by atoms with E-state index in [4.69, 9.17) is 5.11 Å². The molecule has 1 atom stereocenters. The van der Waals surface area contributed by atoms with Crippen LogP contribution in [0.2, 0.25) is 0 Å². The smallest absolute Gasteiger partial charge is 0.450 e. The zero-order valence-corrected chi connectivity index (χ0v) is 10.8. The Bertz CT molecular complexity index is 323. The number of hydrogen-bond acceptors (Lipinski definition) is 7. The number of nitrogens with zero attached hydrogens (tertiary/aromatic N) is 2. The third kappa shape index (κ3) is 3.49. The Labute approximate surface area is 106 Å². The van der Waals surface area contributed by atoms with Crippen molar-refractivity contribution in [3.05, 3.63) is 0 Å². The van der Waals surface area contributed by atoms with E-state index < -0.39 is 11.7 Å². The molecule has 0 saturated carbocycles. The average molecular weight is 282 g/mol. The lowest BCUT2D eigenvalue weighted by Gasteiger charge is -2.18. The molecule has 0 aromatic heterocycles. The lowest BCUT2D eigenvalue weighted by molar-refractivity contribution is -0.136. The Hall–Kier alpha value is -0.540. The molecule has 1 N–H and O–H groups in total. The summed E-state index contributed by atoms with van der Waals surface area (Å²) >= 11 is 6.35. The molecular formula is C7H10N2O4S3. The Balaban J connectivity index is 2.71. The number of thiol groups is 1. The van der Waals surface area contributed by atoms with Crippen molar-refractivity contribution in [1.82, 2.24) is 5.01 Å². The van der Waals surface area contributed by atoms with E-state index in [1.165, 1.54) is 11.8 Å². The number of amides is 1.